The molecule has 4 heteroatoms. The number of anilines is 1. The zero-order valence-electron chi connectivity index (χ0n) is 13.1. The van der Waals surface area contributed by atoms with E-state index in [1.165, 1.54) is 19.3 Å². The third-order valence-corrected chi connectivity index (χ3v) is 3.30. The van der Waals surface area contributed by atoms with Crippen molar-refractivity contribution < 1.29 is 4.79 Å². The first-order valence-corrected chi connectivity index (χ1v) is 7.52. The molecule has 0 spiro atoms. The van der Waals surface area contributed by atoms with E-state index < -0.39 is 0 Å². The van der Waals surface area contributed by atoms with Crippen LogP contribution in [0.2, 0.25) is 0 Å². The van der Waals surface area contributed by atoms with Crippen LogP contribution in [0.5, 0.6) is 0 Å². The van der Waals surface area contributed by atoms with Crippen LogP contribution in [-0.4, -0.2) is 35.9 Å². The van der Waals surface area contributed by atoms with Crippen molar-refractivity contribution in [3.63, 3.8) is 0 Å². The summed E-state index contributed by atoms with van der Waals surface area (Å²) in [7, 11) is 3.48. The topological polar surface area (TPSA) is 45.2 Å². The van der Waals surface area contributed by atoms with Gasteiger partial charge in [0.15, 0.2) is 0 Å². The number of nitrogens with one attached hydrogen (secondary N) is 1. The summed E-state index contributed by atoms with van der Waals surface area (Å²) in [5.74, 6) is -0.0609. The van der Waals surface area contributed by atoms with E-state index in [-0.39, 0.29) is 5.91 Å². The smallest absolute Gasteiger partial charge is 0.272 e. The number of aromatic nitrogens is 1. The van der Waals surface area contributed by atoms with Crippen LogP contribution in [0.15, 0.2) is 18.3 Å². The summed E-state index contributed by atoms with van der Waals surface area (Å²) in [5.41, 5.74) is 1.48. The van der Waals surface area contributed by atoms with Crippen LogP contribution in [0.4, 0.5) is 5.69 Å². The lowest BCUT2D eigenvalue weighted by Crippen LogP contribution is -2.23. The van der Waals surface area contributed by atoms with Crippen LogP contribution < -0.4 is 5.32 Å². The molecule has 4 nitrogen and oxygen atoms in total. The highest BCUT2D eigenvalue weighted by molar-refractivity contribution is 5.92. The molecule has 112 valence electrons. The van der Waals surface area contributed by atoms with E-state index in [0.717, 1.165) is 18.5 Å². The number of carbonyl (C=O) groups is 1. The predicted molar refractivity (Wildman–Crippen MR) is 84.1 cm³/mol. The molecule has 1 N–H and O–H groups in total. The van der Waals surface area contributed by atoms with E-state index in [9.17, 15) is 4.79 Å². The molecule has 1 aromatic heterocycles. The molecule has 1 amide bonds. The minimum atomic E-state index is -0.0609. The minimum absolute atomic E-state index is 0.0609. The average Bonchev–Trinajstić information content (AvgIpc) is 2.44. The minimum Gasteiger partial charge on any atom is -0.382 e. The predicted octanol–water partition coefficient (Wildman–Crippen LogP) is 3.55. The lowest BCUT2D eigenvalue weighted by molar-refractivity contribution is 0.0822. The SMILES string of the molecule is CCCCC(CCC)Nc1ccnc(C(=O)N(C)C)c1. The molecule has 0 fully saturated rings. The number of amides is 1. The Kier molecular flexibility index (Phi) is 7.05. The number of unbranched alkanes of at least 4 members (excludes halogenated alkanes) is 1. The largest absolute Gasteiger partial charge is 0.382 e. The Labute approximate surface area is 122 Å². The van der Waals surface area contributed by atoms with E-state index >= 15 is 0 Å². The van der Waals surface area contributed by atoms with Gasteiger partial charge in [-0.25, -0.2) is 0 Å². The zero-order valence-corrected chi connectivity index (χ0v) is 13.1. The molecule has 0 aliphatic rings. The van der Waals surface area contributed by atoms with Crippen molar-refractivity contribution in [1.29, 1.82) is 0 Å². The average molecular weight is 277 g/mol. The van der Waals surface area contributed by atoms with Crippen molar-refractivity contribution in [2.45, 2.75) is 52.0 Å². The van der Waals surface area contributed by atoms with Gasteiger partial charge >= 0.3 is 0 Å². The molecule has 20 heavy (non-hydrogen) atoms. The molecule has 0 aromatic carbocycles. The molecule has 1 rings (SSSR count). The van der Waals surface area contributed by atoms with Crippen LogP contribution in [-0.2, 0) is 0 Å². The third-order valence-electron chi connectivity index (χ3n) is 3.30. The lowest BCUT2D eigenvalue weighted by Gasteiger charge is -2.19. The fourth-order valence-electron chi connectivity index (χ4n) is 2.19. The number of nitrogens with zero attached hydrogens (tertiary/aromatic N) is 2. The quantitative estimate of drug-likeness (QED) is 0.790. The van der Waals surface area contributed by atoms with Crippen LogP contribution in [0.25, 0.3) is 0 Å². The first-order valence-electron chi connectivity index (χ1n) is 7.52. The molecule has 0 bridgehead atoms. The Morgan fingerprint density at radius 1 is 1.30 bits per heavy atom. The number of carbonyl (C=O) groups excluding carboxylic acids is 1. The number of pyridine rings is 1. The zero-order chi connectivity index (χ0) is 15.0. The van der Waals surface area contributed by atoms with Crippen molar-refractivity contribution in [1.82, 2.24) is 9.88 Å². The first kappa shape index (κ1) is 16.5. The summed E-state index contributed by atoms with van der Waals surface area (Å²) < 4.78 is 0. The monoisotopic (exact) mass is 277 g/mol. The van der Waals surface area contributed by atoms with E-state index in [2.05, 4.69) is 24.1 Å². The Bertz CT molecular complexity index is 418. The molecule has 0 aliphatic carbocycles. The second-order valence-corrected chi connectivity index (χ2v) is 5.40. The number of hydrogen-bond donors (Lipinski definition) is 1. The van der Waals surface area contributed by atoms with Gasteiger partial charge in [0.05, 0.1) is 0 Å². The van der Waals surface area contributed by atoms with Crippen LogP contribution in [0, 0.1) is 0 Å². The highest BCUT2D eigenvalue weighted by Gasteiger charge is 2.12. The molecule has 0 saturated carbocycles. The summed E-state index contributed by atoms with van der Waals surface area (Å²) >= 11 is 0. The van der Waals surface area contributed by atoms with Crippen molar-refractivity contribution >= 4 is 11.6 Å². The maximum Gasteiger partial charge on any atom is 0.272 e. The molecule has 0 radical (unpaired) electrons. The van der Waals surface area contributed by atoms with Gasteiger partial charge in [0.2, 0.25) is 0 Å². The van der Waals surface area contributed by atoms with Gasteiger partial charge in [-0.15, -0.1) is 0 Å². The lowest BCUT2D eigenvalue weighted by atomic mass is 10.0. The van der Waals surface area contributed by atoms with Gasteiger partial charge in [-0.2, -0.15) is 0 Å². The normalized spacial score (nSPS) is 12.0. The Morgan fingerprint density at radius 2 is 2.05 bits per heavy atom. The number of hydrogen-bond acceptors (Lipinski definition) is 3. The fraction of sp³-hybridized carbons (Fsp3) is 0.625. The van der Waals surface area contributed by atoms with Crippen molar-refractivity contribution in [3.05, 3.63) is 24.0 Å². The second kappa shape index (κ2) is 8.56. The Balaban J connectivity index is 2.74. The standard InChI is InChI=1S/C16H27N3O/c1-5-7-9-13(8-6-2)18-14-10-11-17-15(12-14)16(20)19(3)4/h10-13H,5-9H2,1-4H3,(H,17,18). The van der Waals surface area contributed by atoms with E-state index in [0.29, 0.717) is 11.7 Å². The van der Waals surface area contributed by atoms with Gasteiger partial charge < -0.3 is 10.2 Å². The third kappa shape index (κ3) is 5.19. The van der Waals surface area contributed by atoms with Gasteiger partial charge in [-0.05, 0) is 25.0 Å². The van der Waals surface area contributed by atoms with Crippen molar-refractivity contribution in [3.8, 4) is 0 Å². The van der Waals surface area contributed by atoms with Crippen molar-refractivity contribution in [2.75, 3.05) is 19.4 Å². The molecular formula is C16H27N3O. The summed E-state index contributed by atoms with van der Waals surface area (Å²) in [6, 6.07) is 4.25. The fourth-order valence-corrected chi connectivity index (χ4v) is 2.19. The molecule has 1 unspecified atom stereocenters. The highest BCUT2D eigenvalue weighted by atomic mass is 16.2. The highest BCUT2D eigenvalue weighted by Crippen LogP contribution is 2.16. The second-order valence-electron chi connectivity index (χ2n) is 5.40. The summed E-state index contributed by atoms with van der Waals surface area (Å²) in [6.07, 6.45) is 7.62. The molecule has 0 aliphatic heterocycles. The Morgan fingerprint density at radius 3 is 2.65 bits per heavy atom. The Hall–Kier alpha value is -1.58. The van der Waals surface area contributed by atoms with Gasteiger partial charge in [-0.1, -0.05) is 33.1 Å². The molecular weight excluding hydrogens is 250 g/mol. The number of rotatable bonds is 8. The molecule has 0 saturated heterocycles. The van der Waals surface area contributed by atoms with E-state index in [4.69, 9.17) is 0 Å². The molecule has 1 atom stereocenters. The molecule has 1 aromatic rings. The summed E-state index contributed by atoms with van der Waals surface area (Å²) in [6.45, 7) is 4.41. The maximum absolute atomic E-state index is 11.9. The van der Waals surface area contributed by atoms with Gasteiger partial charge in [0.25, 0.3) is 5.91 Å². The van der Waals surface area contributed by atoms with Gasteiger partial charge in [-0.3, -0.25) is 9.78 Å². The van der Waals surface area contributed by atoms with Crippen molar-refractivity contribution in [2.24, 2.45) is 0 Å². The maximum atomic E-state index is 11.9. The van der Waals surface area contributed by atoms with E-state index in [1.54, 1.807) is 25.2 Å². The summed E-state index contributed by atoms with van der Waals surface area (Å²) in [5, 5.41) is 3.54. The van der Waals surface area contributed by atoms with Crippen LogP contribution in [0.3, 0.4) is 0 Å². The van der Waals surface area contributed by atoms with Crippen LogP contribution in [0.1, 0.15) is 56.4 Å². The molecule has 1 heterocycles. The van der Waals surface area contributed by atoms with Gasteiger partial charge in [0, 0.05) is 32.0 Å². The van der Waals surface area contributed by atoms with Gasteiger partial charge in [0.1, 0.15) is 5.69 Å². The van der Waals surface area contributed by atoms with Crippen LogP contribution >= 0.6 is 0 Å². The summed E-state index contributed by atoms with van der Waals surface area (Å²) in [4.78, 5) is 17.6. The first-order chi connectivity index (χ1) is 9.58. The van der Waals surface area contributed by atoms with E-state index in [1.807, 2.05) is 12.1 Å².